The van der Waals surface area contributed by atoms with Crippen molar-refractivity contribution in [2.45, 2.75) is 13.0 Å². The Hall–Kier alpha value is -2.20. The summed E-state index contributed by atoms with van der Waals surface area (Å²) in [5, 5.41) is 2.91. The predicted octanol–water partition coefficient (Wildman–Crippen LogP) is 3.17. The van der Waals surface area contributed by atoms with Gasteiger partial charge in [-0.25, -0.2) is 4.39 Å². The molecule has 1 amide bonds. The van der Waals surface area contributed by atoms with Crippen molar-refractivity contribution in [2.24, 2.45) is 0 Å². The first kappa shape index (κ1) is 16.2. The molecule has 2 rings (SSSR count). The fourth-order valence-corrected chi connectivity index (χ4v) is 2.28. The number of amides is 1. The number of hydrogen-bond donors (Lipinski definition) is 1. The van der Waals surface area contributed by atoms with E-state index in [0.29, 0.717) is 12.1 Å². The van der Waals surface area contributed by atoms with E-state index >= 15 is 0 Å². The molecule has 0 aliphatic carbocycles. The van der Waals surface area contributed by atoms with Gasteiger partial charge in [-0.1, -0.05) is 29.8 Å². The molecule has 0 heterocycles. The number of rotatable bonds is 5. The van der Waals surface area contributed by atoms with E-state index in [1.165, 1.54) is 29.8 Å². The molecule has 4 heteroatoms. The molecular weight excluding hydrogens is 279 g/mol. The highest BCUT2D eigenvalue weighted by Crippen LogP contribution is 2.18. The lowest BCUT2D eigenvalue weighted by Crippen LogP contribution is -2.34. The second-order valence-electron chi connectivity index (χ2n) is 5.61. The summed E-state index contributed by atoms with van der Waals surface area (Å²) in [5.74, 6) is -0.540. The van der Waals surface area contributed by atoms with E-state index in [9.17, 15) is 9.18 Å². The van der Waals surface area contributed by atoms with Crippen LogP contribution < -0.4 is 5.32 Å². The minimum atomic E-state index is -0.345. The molecular formula is C18H21FN2O. The summed E-state index contributed by atoms with van der Waals surface area (Å²) in [6.07, 6.45) is 0. The largest absolute Gasteiger partial charge is 0.350 e. The topological polar surface area (TPSA) is 32.3 Å². The molecule has 2 aromatic carbocycles. The second kappa shape index (κ2) is 7.18. The average molecular weight is 300 g/mol. The zero-order valence-corrected chi connectivity index (χ0v) is 13.1. The van der Waals surface area contributed by atoms with Crippen LogP contribution in [0.25, 0.3) is 0 Å². The standard InChI is InChI=1S/C18H21FN2O/c1-13-4-6-14(7-5-13)17(21(2)3)12-20-18(22)15-8-10-16(19)11-9-15/h4-11,17H,12H2,1-3H3,(H,20,22). The molecule has 116 valence electrons. The third kappa shape index (κ3) is 4.15. The Kier molecular flexibility index (Phi) is 5.28. The Bertz CT molecular complexity index is 621. The van der Waals surface area contributed by atoms with Crippen LogP contribution in [0.2, 0.25) is 0 Å². The van der Waals surface area contributed by atoms with Crippen LogP contribution in [0.4, 0.5) is 4.39 Å². The second-order valence-corrected chi connectivity index (χ2v) is 5.61. The van der Waals surface area contributed by atoms with Crippen LogP contribution in [-0.4, -0.2) is 31.4 Å². The lowest BCUT2D eigenvalue weighted by molar-refractivity contribution is 0.0942. The summed E-state index contributed by atoms with van der Waals surface area (Å²) in [5.41, 5.74) is 2.81. The van der Waals surface area contributed by atoms with Crippen LogP contribution in [0.15, 0.2) is 48.5 Å². The normalized spacial score (nSPS) is 12.2. The van der Waals surface area contributed by atoms with E-state index < -0.39 is 0 Å². The number of carbonyl (C=O) groups is 1. The number of hydrogen-bond acceptors (Lipinski definition) is 2. The first-order valence-corrected chi connectivity index (χ1v) is 7.24. The lowest BCUT2D eigenvalue weighted by Gasteiger charge is -2.25. The summed E-state index contributed by atoms with van der Waals surface area (Å²) in [4.78, 5) is 14.2. The molecule has 3 nitrogen and oxygen atoms in total. The molecule has 0 saturated heterocycles. The number of halogens is 1. The van der Waals surface area contributed by atoms with Crippen LogP contribution in [0.3, 0.4) is 0 Å². The first-order valence-electron chi connectivity index (χ1n) is 7.24. The minimum absolute atomic E-state index is 0.0880. The number of nitrogens with one attached hydrogen (secondary N) is 1. The summed E-state index contributed by atoms with van der Waals surface area (Å²) in [6, 6.07) is 13.9. The summed E-state index contributed by atoms with van der Waals surface area (Å²) >= 11 is 0. The third-order valence-corrected chi connectivity index (χ3v) is 3.65. The number of carbonyl (C=O) groups excluding carboxylic acids is 1. The first-order chi connectivity index (χ1) is 10.5. The quantitative estimate of drug-likeness (QED) is 0.920. The maximum Gasteiger partial charge on any atom is 0.251 e. The molecule has 2 aromatic rings. The number of nitrogens with zero attached hydrogens (tertiary/aromatic N) is 1. The van der Waals surface area contributed by atoms with Crippen molar-refractivity contribution in [1.29, 1.82) is 0 Å². The molecule has 1 N–H and O–H groups in total. The van der Waals surface area contributed by atoms with Crippen LogP contribution in [0, 0.1) is 12.7 Å². The van der Waals surface area contributed by atoms with Crippen molar-refractivity contribution in [3.8, 4) is 0 Å². The van der Waals surface area contributed by atoms with E-state index in [1.807, 2.05) is 21.0 Å². The third-order valence-electron chi connectivity index (χ3n) is 3.65. The fraction of sp³-hybridized carbons (Fsp3) is 0.278. The van der Waals surface area contributed by atoms with E-state index in [-0.39, 0.29) is 17.8 Å². The van der Waals surface area contributed by atoms with Crippen LogP contribution in [0.1, 0.15) is 27.5 Å². The van der Waals surface area contributed by atoms with E-state index in [1.54, 1.807) is 0 Å². The maximum atomic E-state index is 12.9. The van der Waals surface area contributed by atoms with Crippen molar-refractivity contribution in [1.82, 2.24) is 10.2 Å². The van der Waals surface area contributed by atoms with Gasteiger partial charge in [0.25, 0.3) is 5.91 Å². The molecule has 0 fully saturated rings. The minimum Gasteiger partial charge on any atom is -0.350 e. The van der Waals surface area contributed by atoms with Crippen LogP contribution in [0.5, 0.6) is 0 Å². The highest BCUT2D eigenvalue weighted by molar-refractivity contribution is 5.94. The van der Waals surface area contributed by atoms with Gasteiger partial charge in [-0.3, -0.25) is 4.79 Å². The molecule has 0 aliphatic rings. The molecule has 22 heavy (non-hydrogen) atoms. The van der Waals surface area contributed by atoms with Gasteiger partial charge in [0.15, 0.2) is 0 Å². The van der Waals surface area contributed by atoms with Crippen LogP contribution >= 0.6 is 0 Å². The van der Waals surface area contributed by atoms with Crippen molar-refractivity contribution < 1.29 is 9.18 Å². The van der Waals surface area contributed by atoms with Crippen LogP contribution in [-0.2, 0) is 0 Å². The lowest BCUT2D eigenvalue weighted by atomic mass is 10.0. The van der Waals surface area contributed by atoms with Gasteiger partial charge in [0, 0.05) is 12.1 Å². The highest BCUT2D eigenvalue weighted by Gasteiger charge is 2.15. The number of aryl methyl sites for hydroxylation is 1. The van der Waals surface area contributed by atoms with E-state index in [4.69, 9.17) is 0 Å². The number of benzene rings is 2. The monoisotopic (exact) mass is 300 g/mol. The van der Waals surface area contributed by atoms with Crippen molar-refractivity contribution >= 4 is 5.91 Å². The molecule has 1 unspecified atom stereocenters. The maximum absolute atomic E-state index is 12.9. The zero-order valence-electron chi connectivity index (χ0n) is 13.1. The molecule has 0 radical (unpaired) electrons. The van der Waals surface area contributed by atoms with Gasteiger partial charge in [-0.2, -0.15) is 0 Å². The molecule has 0 aliphatic heterocycles. The summed E-state index contributed by atoms with van der Waals surface area (Å²) < 4.78 is 12.9. The van der Waals surface area contributed by atoms with Gasteiger partial charge < -0.3 is 10.2 Å². The van der Waals surface area contributed by atoms with Crippen molar-refractivity contribution in [2.75, 3.05) is 20.6 Å². The average Bonchev–Trinajstić information content (AvgIpc) is 2.49. The Labute approximate surface area is 130 Å². The Morgan fingerprint density at radius 2 is 1.68 bits per heavy atom. The van der Waals surface area contributed by atoms with Gasteiger partial charge in [0.05, 0.1) is 6.04 Å². The molecule has 1 atom stereocenters. The van der Waals surface area contributed by atoms with E-state index in [2.05, 4.69) is 34.5 Å². The molecule has 0 aromatic heterocycles. The zero-order chi connectivity index (χ0) is 16.1. The fourth-order valence-electron chi connectivity index (χ4n) is 2.28. The SMILES string of the molecule is Cc1ccc(C(CNC(=O)c2ccc(F)cc2)N(C)C)cc1. The summed E-state index contributed by atoms with van der Waals surface area (Å²) in [7, 11) is 3.96. The van der Waals surface area contributed by atoms with Gasteiger partial charge in [-0.05, 0) is 50.8 Å². The van der Waals surface area contributed by atoms with Gasteiger partial charge in [0.1, 0.15) is 5.82 Å². The van der Waals surface area contributed by atoms with Gasteiger partial charge in [-0.15, -0.1) is 0 Å². The summed E-state index contributed by atoms with van der Waals surface area (Å²) in [6.45, 7) is 2.54. The highest BCUT2D eigenvalue weighted by atomic mass is 19.1. The van der Waals surface area contributed by atoms with Crippen molar-refractivity contribution in [3.63, 3.8) is 0 Å². The van der Waals surface area contributed by atoms with Crippen molar-refractivity contribution in [3.05, 3.63) is 71.0 Å². The molecule has 0 spiro atoms. The van der Waals surface area contributed by atoms with Gasteiger partial charge >= 0.3 is 0 Å². The van der Waals surface area contributed by atoms with Gasteiger partial charge in [0.2, 0.25) is 0 Å². The molecule has 0 bridgehead atoms. The molecule has 0 saturated carbocycles. The van der Waals surface area contributed by atoms with E-state index in [0.717, 1.165) is 5.56 Å². The Morgan fingerprint density at radius 3 is 2.23 bits per heavy atom. The number of likely N-dealkylation sites (N-methyl/N-ethyl adjacent to an activating group) is 1. The Morgan fingerprint density at radius 1 is 1.09 bits per heavy atom. The Balaban J connectivity index is 2.04. The smallest absolute Gasteiger partial charge is 0.251 e. The predicted molar refractivity (Wildman–Crippen MR) is 86.3 cm³/mol.